The highest BCUT2D eigenvalue weighted by Crippen LogP contribution is 2.21. The highest BCUT2D eigenvalue weighted by atomic mass is 32.2. The van der Waals surface area contributed by atoms with Gasteiger partial charge in [-0.05, 0) is 55.8 Å². The van der Waals surface area contributed by atoms with Gasteiger partial charge >= 0.3 is 0 Å². The van der Waals surface area contributed by atoms with E-state index in [0.29, 0.717) is 4.90 Å². The number of hydrogen-bond acceptors (Lipinski definition) is 4. The van der Waals surface area contributed by atoms with Crippen molar-refractivity contribution in [2.45, 2.75) is 31.2 Å². The minimum Gasteiger partial charge on any atom is -0.325 e. The molecule has 26 heavy (non-hydrogen) atoms. The van der Waals surface area contributed by atoms with Crippen LogP contribution in [0.5, 0.6) is 0 Å². The molecule has 140 valence electrons. The smallest absolute Gasteiger partial charge is 0.238 e. The molecule has 2 aromatic rings. The van der Waals surface area contributed by atoms with Crippen LogP contribution >= 0.6 is 0 Å². The van der Waals surface area contributed by atoms with Crippen molar-refractivity contribution in [3.05, 3.63) is 59.7 Å². The van der Waals surface area contributed by atoms with Crippen LogP contribution in [0.3, 0.4) is 0 Å². The lowest BCUT2D eigenvalue weighted by molar-refractivity contribution is -0.117. The average molecular weight is 375 g/mol. The predicted octanol–water partition coefficient (Wildman–Crippen LogP) is 3.28. The van der Waals surface area contributed by atoms with E-state index in [0.717, 1.165) is 17.7 Å². The molecule has 0 radical (unpaired) electrons. The first-order valence-electron chi connectivity index (χ1n) is 8.59. The van der Waals surface area contributed by atoms with Crippen molar-refractivity contribution < 1.29 is 13.2 Å². The summed E-state index contributed by atoms with van der Waals surface area (Å²) in [6.45, 7) is 4.30. The van der Waals surface area contributed by atoms with Crippen molar-refractivity contribution in [2.24, 2.45) is 0 Å². The minimum atomic E-state index is -3.20. The van der Waals surface area contributed by atoms with Crippen LogP contribution in [0.15, 0.2) is 53.4 Å². The third-order valence-corrected chi connectivity index (χ3v) is 5.59. The van der Waals surface area contributed by atoms with E-state index in [2.05, 4.69) is 12.2 Å². The minimum absolute atomic E-state index is 0.0173. The Hall–Kier alpha value is -2.18. The summed E-state index contributed by atoms with van der Waals surface area (Å²) in [6.07, 6.45) is 2.11. The molecule has 0 aromatic heterocycles. The largest absolute Gasteiger partial charge is 0.325 e. The number of rotatable bonds is 7. The number of likely N-dealkylation sites (N-methyl/N-ethyl adjacent to an activating group) is 1. The summed E-state index contributed by atoms with van der Waals surface area (Å²) in [5, 5.41) is 2.92. The molecule has 0 bridgehead atoms. The summed E-state index contributed by atoms with van der Waals surface area (Å²) in [5.41, 5.74) is 2.93. The lowest BCUT2D eigenvalue weighted by Gasteiger charge is -2.24. The first kappa shape index (κ1) is 20.1. The van der Waals surface area contributed by atoms with Crippen LogP contribution in [0.1, 0.15) is 31.0 Å². The second kappa shape index (κ2) is 8.47. The van der Waals surface area contributed by atoms with Gasteiger partial charge in [0.05, 0.1) is 11.4 Å². The maximum atomic E-state index is 12.3. The molecule has 0 fully saturated rings. The molecule has 0 aliphatic rings. The highest BCUT2D eigenvalue weighted by Gasteiger charge is 2.16. The SMILES string of the molecule is CCc1cccc(NC(=O)CN(C)C(C)c2ccc(S(C)(=O)=O)cc2)c1. The number of aryl methyl sites for hydroxylation is 1. The monoisotopic (exact) mass is 374 g/mol. The van der Waals surface area contributed by atoms with Crippen LogP contribution in [0.25, 0.3) is 0 Å². The molecule has 5 nitrogen and oxygen atoms in total. The van der Waals surface area contributed by atoms with Gasteiger partial charge in [-0.1, -0.05) is 31.2 Å². The number of hydrogen-bond donors (Lipinski definition) is 1. The standard InChI is InChI=1S/C20H26N2O3S/c1-5-16-7-6-8-18(13-16)21-20(23)14-22(3)15(2)17-9-11-19(12-10-17)26(4,24)25/h6-13,15H,5,14H2,1-4H3,(H,21,23). The molecular weight excluding hydrogens is 348 g/mol. The van der Waals surface area contributed by atoms with Gasteiger partial charge in [-0.25, -0.2) is 8.42 Å². The zero-order valence-corrected chi connectivity index (χ0v) is 16.5. The van der Waals surface area contributed by atoms with Gasteiger partial charge in [0.1, 0.15) is 0 Å². The van der Waals surface area contributed by atoms with Crippen LogP contribution in [-0.4, -0.2) is 39.1 Å². The van der Waals surface area contributed by atoms with Gasteiger partial charge in [0.25, 0.3) is 0 Å². The lowest BCUT2D eigenvalue weighted by Crippen LogP contribution is -2.32. The molecule has 0 spiro atoms. The second-order valence-corrected chi connectivity index (χ2v) is 8.55. The van der Waals surface area contributed by atoms with E-state index in [-0.39, 0.29) is 18.5 Å². The van der Waals surface area contributed by atoms with Crippen LogP contribution in [-0.2, 0) is 21.1 Å². The molecule has 0 saturated heterocycles. The van der Waals surface area contributed by atoms with Crippen molar-refractivity contribution in [3.63, 3.8) is 0 Å². The van der Waals surface area contributed by atoms with Crippen LogP contribution < -0.4 is 5.32 Å². The Morgan fingerprint density at radius 2 is 1.81 bits per heavy atom. The summed E-state index contributed by atoms with van der Waals surface area (Å²) in [6, 6.07) is 14.6. The van der Waals surface area contributed by atoms with Gasteiger partial charge in [0.2, 0.25) is 5.91 Å². The van der Waals surface area contributed by atoms with Crippen molar-refractivity contribution >= 4 is 21.4 Å². The van der Waals surface area contributed by atoms with Crippen LogP contribution in [0, 0.1) is 0 Å². The summed E-state index contributed by atoms with van der Waals surface area (Å²) >= 11 is 0. The van der Waals surface area contributed by atoms with E-state index in [1.54, 1.807) is 24.3 Å². The van der Waals surface area contributed by atoms with Crippen molar-refractivity contribution in [1.82, 2.24) is 4.90 Å². The fraction of sp³-hybridized carbons (Fsp3) is 0.350. The molecular formula is C20H26N2O3S. The van der Waals surface area contributed by atoms with E-state index >= 15 is 0 Å². The quantitative estimate of drug-likeness (QED) is 0.808. The van der Waals surface area contributed by atoms with Crippen LogP contribution in [0.4, 0.5) is 5.69 Å². The van der Waals surface area contributed by atoms with Crippen LogP contribution in [0.2, 0.25) is 0 Å². The molecule has 1 N–H and O–H groups in total. The van der Waals surface area contributed by atoms with Crippen molar-refractivity contribution in [1.29, 1.82) is 0 Å². The molecule has 2 aromatic carbocycles. The Bertz CT molecular complexity index is 861. The summed E-state index contributed by atoms with van der Waals surface area (Å²) in [4.78, 5) is 14.5. The fourth-order valence-electron chi connectivity index (χ4n) is 2.68. The van der Waals surface area contributed by atoms with Crippen molar-refractivity contribution in [3.8, 4) is 0 Å². The number of amides is 1. The van der Waals surface area contributed by atoms with E-state index in [1.165, 1.54) is 11.8 Å². The molecule has 0 saturated carbocycles. The number of carbonyl (C=O) groups is 1. The molecule has 1 atom stereocenters. The van der Waals surface area contributed by atoms with Gasteiger partial charge in [-0.15, -0.1) is 0 Å². The summed E-state index contributed by atoms with van der Waals surface area (Å²) in [7, 11) is -1.33. The predicted molar refractivity (Wildman–Crippen MR) is 105 cm³/mol. The van der Waals surface area contributed by atoms with Gasteiger partial charge in [0, 0.05) is 18.0 Å². The molecule has 2 rings (SSSR count). The number of sulfone groups is 1. The summed E-state index contributed by atoms with van der Waals surface area (Å²) < 4.78 is 23.1. The molecule has 1 amide bonds. The number of carbonyl (C=O) groups excluding carboxylic acids is 1. The Balaban J connectivity index is 1.99. The molecule has 0 heterocycles. The fourth-order valence-corrected chi connectivity index (χ4v) is 3.31. The topological polar surface area (TPSA) is 66.5 Å². The molecule has 0 aliphatic heterocycles. The molecule has 0 aliphatic carbocycles. The first-order chi connectivity index (χ1) is 12.2. The number of anilines is 1. The maximum Gasteiger partial charge on any atom is 0.238 e. The third-order valence-electron chi connectivity index (χ3n) is 4.46. The Morgan fingerprint density at radius 1 is 1.15 bits per heavy atom. The van der Waals surface area contributed by atoms with E-state index in [9.17, 15) is 13.2 Å². The van der Waals surface area contributed by atoms with Gasteiger partial charge in [-0.3, -0.25) is 9.69 Å². The molecule has 1 unspecified atom stereocenters. The van der Waals surface area contributed by atoms with E-state index in [4.69, 9.17) is 0 Å². The average Bonchev–Trinajstić information content (AvgIpc) is 2.60. The number of benzene rings is 2. The normalized spacial score (nSPS) is 12.8. The van der Waals surface area contributed by atoms with E-state index < -0.39 is 9.84 Å². The van der Waals surface area contributed by atoms with Gasteiger partial charge < -0.3 is 5.32 Å². The Labute approximate surface area is 156 Å². The maximum absolute atomic E-state index is 12.3. The second-order valence-electron chi connectivity index (χ2n) is 6.53. The van der Waals surface area contributed by atoms with Crippen molar-refractivity contribution in [2.75, 3.05) is 25.2 Å². The zero-order chi connectivity index (χ0) is 19.3. The number of nitrogens with zero attached hydrogens (tertiary/aromatic N) is 1. The molecule has 6 heteroatoms. The summed E-state index contributed by atoms with van der Waals surface area (Å²) in [5.74, 6) is -0.0830. The zero-order valence-electron chi connectivity index (χ0n) is 15.7. The van der Waals surface area contributed by atoms with Gasteiger partial charge in [-0.2, -0.15) is 0 Å². The highest BCUT2D eigenvalue weighted by molar-refractivity contribution is 7.90. The first-order valence-corrected chi connectivity index (χ1v) is 10.5. The third kappa shape index (κ3) is 5.41. The Kier molecular flexibility index (Phi) is 6.56. The number of nitrogens with one attached hydrogen (secondary N) is 1. The van der Waals surface area contributed by atoms with E-state index in [1.807, 2.05) is 43.1 Å². The van der Waals surface area contributed by atoms with Gasteiger partial charge in [0.15, 0.2) is 9.84 Å². The lowest BCUT2D eigenvalue weighted by atomic mass is 10.1. The Morgan fingerprint density at radius 3 is 2.38 bits per heavy atom.